The maximum atomic E-state index is 12.0. The summed E-state index contributed by atoms with van der Waals surface area (Å²) in [5, 5.41) is 2.99. The molecule has 0 radical (unpaired) electrons. The van der Waals surface area contributed by atoms with E-state index in [0.717, 1.165) is 25.9 Å². The van der Waals surface area contributed by atoms with Gasteiger partial charge in [-0.05, 0) is 26.8 Å². The molecular weight excluding hydrogens is 254 g/mol. The molecule has 1 N–H and O–H groups in total. The minimum Gasteiger partial charge on any atom is -0.474 e. The van der Waals surface area contributed by atoms with Crippen LogP contribution in [0.15, 0.2) is 24.4 Å². The SMILES string of the molecule is CC(C)(C)NC(=O)N1CCC(Oc2ccccn2)CC1. The second kappa shape index (κ2) is 6.11. The van der Waals surface area contributed by atoms with Gasteiger partial charge in [-0.15, -0.1) is 0 Å². The highest BCUT2D eigenvalue weighted by atomic mass is 16.5. The van der Waals surface area contributed by atoms with E-state index in [-0.39, 0.29) is 17.7 Å². The average molecular weight is 277 g/mol. The van der Waals surface area contributed by atoms with Gasteiger partial charge in [-0.25, -0.2) is 9.78 Å². The lowest BCUT2D eigenvalue weighted by Gasteiger charge is -2.34. The largest absolute Gasteiger partial charge is 0.474 e. The van der Waals surface area contributed by atoms with Gasteiger partial charge in [0.25, 0.3) is 0 Å². The van der Waals surface area contributed by atoms with E-state index in [2.05, 4.69) is 10.3 Å². The first-order valence-electron chi connectivity index (χ1n) is 7.09. The monoisotopic (exact) mass is 277 g/mol. The van der Waals surface area contributed by atoms with Gasteiger partial charge in [-0.1, -0.05) is 6.07 Å². The topological polar surface area (TPSA) is 54.5 Å². The Morgan fingerprint density at radius 3 is 2.60 bits per heavy atom. The Bertz CT molecular complexity index is 434. The average Bonchev–Trinajstić information content (AvgIpc) is 2.39. The lowest BCUT2D eigenvalue weighted by atomic mass is 10.1. The molecule has 0 saturated carbocycles. The quantitative estimate of drug-likeness (QED) is 0.903. The second-order valence-corrected chi connectivity index (χ2v) is 6.15. The van der Waals surface area contributed by atoms with E-state index in [1.807, 2.05) is 43.9 Å². The van der Waals surface area contributed by atoms with Gasteiger partial charge in [0.1, 0.15) is 6.10 Å². The number of nitrogens with one attached hydrogen (secondary N) is 1. The van der Waals surface area contributed by atoms with E-state index in [0.29, 0.717) is 5.88 Å². The molecule has 1 saturated heterocycles. The number of rotatable bonds is 2. The van der Waals surface area contributed by atoms with Crippen LogP contribution in [0.5, 0.6) is 5.88 Å². The third kappa shape index (κ3) is 4.40. The summed E-state index contributed by atoms with van der Waals surface area (Å²) >= 11 is 0. The van der Waals surface area contributed by atoms with Gasteiger partial charge in [-0.3, -0.25) is 0 Å². The molecule has 5 heteroatoms. The number of urea groups is 1. The normalized spacial score (nSPS) is 16.9. The summed E-state index contributed by atoms with van der Waals surface area (Å²) in [5.41, 5.74) is -0.196. The minimum absolute atomic E-state index is 0.00814. The van der Waals surface area contributed by atoms with Crippen LogP contribution in [0.4, 0.5) is 4.79 Å². The van der Waals surface area contributed by atoms with Crippen molar-refractivity contribution in [3.8, 4) is 5.88 Å². The van der Waals surface area contributed by atoms with Crippen LogP contribution in [0.1, 0.15) is 33.6 Å². The van der Waals surface area contributed by atoms with Gasteiger partial charge in [0, 0.05) is 43.7 Å². The zero-order valence-electron chi connectivity index (χ0n) is 12.4. The van der Waals surface area contributed by atoms with Crippen LogP contribution in [0.2, 0.25) is 0 Å². The van der Waals surface area contributed by atoms with E-state index in [1.165, 1.54) is 0 Å². The summed E-state index contributed by atoms with van der Waals surface area (Å²) in [6.45, 7) is 7.41. The van der Waals surface area contributed by atoms with Crippen LogP contribution in [-0.4, -0.2) is 40.6 Å². The van der Waals surface area contributed by atoms with Crippen molar-refractivity contribution < 1.29 is 9.53 Å². The van der Waals surface area contributed by atoms with Crippen LogP contribution in [0.25, 0.3) is 0 Å². The van der Waals surface area contributed by atoms with E-state index in [4.69, 9.17) is 4.74 Å². The van der Waals surface area contributed by atoms with Gasteiger partial charge >= 0.3 is 6.03 Å². The molecule has 5 nitrogen and oxygen atoms in total. The van der Waals surface area contributed by atoms with Crippen molar-refractivity contribution in [1.29, 1.82) is 0 Å². The van der Waals surface area contributed by atoms with Gasteiger partial charge in [0.15, 0.2) is 0 Å². The molecule has 1 aliphatic heterocycles. The Morgan fingerprint density at radius 2 is 2.05 bits per heavy atom. The number of aromatic nitrogens is 1. The fourth-order valence-corrected chi connectivity index (χ4v) is 2.16. The summed E-state index contributed by atoms with van der Waals surface area (Å²) in [5.74, 6) is 0.657. The van der Waals surface area contributed by atoms with Crippen molar-refractivity contribution in [2.75, 3.05) is 13.1 Å². The Balaban J connectivity index is 1.79. The van der Waals surface area contributed by atoms with Crippen molar-refractivity contribution in [2.24, 2.45) is 0 Å². The minimum atomic E-state index is -0.196. The van der Waals surface area contributed by atoms with Crippen molar-refractivity contribution in [2.45, 2.75) is 45.3 Å². The van der Waals surface area contributed by atoms with Crippen LogP contribution < -0.4 is 10.1 Å². The van der Waals surface area contributed by atoms with Crippen LogP contribution in [-0.2, 0) is 0 Å². The molecule has 110 valence electrons. The summed E-state index contributed by atoms with van der Waals surface area (Å²) in [4.78, 5) is 18.1. The molecule has 0 bridgehead atoms. The van der Waals surface area contributed by atoms with Gasteiger partial charge in [0.2, 0.25) is 5.88 Å². The predicted molar refractivity (Wildman–Crippen MR) is 77.7 cm³/mol. The zero-order chi connectivity index (χ0) is 14.6. The van der Waals surface area contributed by atoms with E-state index < -0.39 is 0 Å². The number of piperidine rings is 1. The molecule has 0 spiro atoms. The van der Waals surface area contributed by atoms with Gasteiger partial charge in [0.05, 0.1) is 0 Å². The van der Waals surface area contributed by atoms with E-state index in [9.17, 15) is 4.79 Å². The third-order valence-corrected chi connectivity index (χ3v) is 3.14. The number of ether oxygens (including phenoxy) is 1. The number of amides is 2. The number of pyridine rings is 1. The lowest BCUT2D eigenvalue weighted by Crippen LogP contribution is -2.51. The molecule has 1 aromatic heterocycles. The maximum absolute atomic E-state index is 12.0. The van der Waals surface area contributed by atoms with E-state index in [1.54, 1.807) is 6.20 Å². The first kappa shape index (κ1) is 14.6. The van der Waals surface area contributed by atoms with Crippen LogP contribution in [0, 0.1) is 0 Å². The molecule has 1 aromatic rings. The fourth-order valence-electron chi connectivity index (χ4n) is 2.16. The number of carbonyl (C=O) groups is 1. The molecule has 2 amide bonds. The molecule has 0 aromatic carbocycles. The van der Waals surface area contributed by atoms with Crippen molar-refractivity contribution in [1.82, 2.24) is 15.2 Å². The Morgan fingerprint density at radius 1 is 1.35 bits per heavy atom. The molecule has 0 aliphatic carbocycles. The highest BCUT2D eigenvalue weighted by Crippen LogP contribution is 2.17. The molecule has 1 fully saturated rings. The number of nitrogens with zero attached hydrogens (tertiary/aromatic N) is 2. The first-order chi connectivity index (χ1) is 9.44. The number of hydrogen-bond donors (Lipinski definition) is 1. The molecule has 2 rings (SSSR count). The Labute approximate surface area is 120 Å². The molecule has 0 atom stereocenters. The fraction of sp³-hybridized carbons (Fsp3) is 0.600. The van der Waals surface area contributed by atoms with Gasteiger partial charge < -0.3 is 15.0 Å². The third-order valence-electron chi connectivity index (χ3n) is 3.14. The Kier molecular flexibility index (Phi) is 4.47. The van der Waals surface area contributed by atoms with E-state index >= 15 is 0 Å². The van der Waals surface area contributed by atoms with Crippen molar-refractivity contribution >= 4 is 6.03 Å². The maximum Gasteiger partial charge on any atom is 0.317 e. The van der Waals surface area contributed by atoms with Crippen LogP contribution in [0.3, 0.4) is 0 Å². The molecule has 2 heterocycles. The highest BCUT2D eigenvalue weighted by Gasteiger charge is 2.26. The smallest absolute Gasteiger partial charge is 0.317 e. The molecular formula is C15H23N3O2. The number of hydrogen-bond acceptors (Lipinski definition) is 3. The summed E-state index contributed by atoms with van der Waals surface area (Å²) in [6, 6.07) is 5.65. The van der Waals surface area contributed by atoms with Crippen molar-refractivity contribution in [3.63, 3.8) is 0 Å². The lowest BCUT2D eigenvalue weighted by molar-refractivity contribution is 0.105. The highest BCUT2D eigenvalue weighted by molar-refractivity contribution is 5.75. The molecule has 1 aliphatic rings. The van der Waals surface area contributed by atoms with Crippen LogP contribution >= 0.6 is 0 Å². The number of carbonyl (C=O) groups excluding carboxylic acids is 1. The first-order valence-corrected chi connectivity index (χ1v) is 7.09. The molecule has 0 unspecified atom stereocenters. The number of likely N-dealkylation sites (tertiary alicyclic amines) is 1. The zero-order valence-corrected chi connectivity index (χ0v) is 12.4. The second-order valence-electron chi connectivity index (χ2n) is 6.15. The van der Waals surface area contributed by atoms with Gasteiger partial charge in [-0.2, -0.15) is 0 Å². The Hall–Kier alpha value is -1.78. The molecule has 20 heavy (non-hydrogen) atoms. The summed E-state index contributed by atoms with van der Waals surface area (Å²) in [6.07, 6.45) is 3.55. The summed E-state index contributed by atoms with van der Waals surface area (Å²) < 4.78 is 5.81. The standard InChI is InChI=1S/C15H23N3O2/c1-15(2,3)17-14(19)18-10-7-12(8-11-18)20-13-6-4-5-9-16-13/h4-6,9,12H,7-8,10-11H2,1-3H3,(H,17,19). The summed E-state index contributed by atoms with van der Waals surface area (Å²) in [7, 11) is 0. The predicted octanol–water partition coefficient (Wildman–Crippen LogP) is 2.43. The van der Waals surface area contributed by atoms with Crippen molar-refractivity contribution in [3.05, 3.63) is 24.4 Å².